The van der Waals surface area contributed by atoms with Crippen LogP contribution in [0.15, 0.2) is 42.5 Å². The van der Waals surface area contributed by atoms with Crippen molar-refractivity contribution in [2.24, 2.45) is 5.92 Å². The van der Waals surface area contributed by atoms with Crippen molar-refractivity contribution in [3.63, 3.8) is 0 Å². The molecule has 2 aromatic rings. The van der Waals surface area contributed by atoms with Gasteiger partial charge in [-0.05, 0) is 42.8 Å². The van der Waals surface area contributed by atoms with Gasteiger partial charge in [0.25, 0.3) is 0 Å². The molecule has 1 heterocycles. The number of carbonyl (C=O) groups excluding carboxylic acids is 3. The van der Waals surface area contributed by atoms with E-state index in [1.54, 1.807) is 47.4 Å². The van der Waals surface area contributed by atoms with Crippen LogP contribution < -0.4 is 10.2 Å². The highest BCUT2D eigenvalue weighted by atomic mass is 35.5. The summed E-state index contributed by atoms with van der Waals surface area (Å²) in [7, 11) is 1.28. The molecule has 0 radical (unpaired) electrons. The summed E-state index contributed by atoms with van der Waals surface area (Å²) in [6.07, 6.45) is 0.105. The molecule has 2 amide bonds. The fourth-order valence-electron chi connectivity index (χ4n) is 3.15. The van der Waals surface area contributed by atoms with Gasteiger partial charge in [0.2, 0.25) is 11.8 Å². The van der Waals surface area contributed by atoms with Gasteiger partial charge < -0.3 is 15.0 Å². The van der Waals surface area contributed by atoms with Crippen molar-refractivity contribution in [1.29, 1.82) is 0 Å². The maximum Gasteiger partial charge on any atom is 0.339 e. The van der Waals surface area contributed by atoms with Gasteiger partial charge in [-0.1, -0.05) is 23.7 Å². The number of carbonyl (C=O) groups is 3. The third kappa shape index (κ3) is 3.95. The van der Waals surface area contributed by atoms with Gasteiger partial charge in [0.05, 0.1) is 24.3 Å². The van der Waals surface area contributed by atoms with E-state index in [0.717, 1.165) is 11.3 Å². The van der Waals surface area contributed by atoms with E-state index in [4.69, 9.17) is 16.3 Å². The predicted molar refractivity (Wildman–Crippen MR) is 103 cm³/mol. The normalized spacial score (nSPS) is 16.3. The van der Waals surface area contributed by atoms with Crippen molar-refractivity contribution >= 4 is 40.8 Å². The highest BCUT2D eigenvalue weighted by molar-refractivity contribution is 6.30. The first-order chi connectivity index (χ1) is 12.9. The van der Waals surface area contributed by atoms with Crippen molar-refractivity contribution in [2.45, 2.75) is 13.3 Å². The lowest BCUT2D eigenvalue weighted by atomic mass is 10.1. The summed E-state index contributed by atoms with van der Waals surface area (Å²) in [4.78, 5) is 38.6. The number of rotatable bonds is 4. The number of esters is 1. The molecule has 2 aromatic carbocycles. The predicted octanol–water partition coefficient (Wildman–Crippen LogP) is 3.43. The highest BCUT2D eigenvalue weighted by Crippen LogP contribution is 2.30. The van der Waals surface area contributed by atoms with Crippen LogP contribution in [0.1, 0.15) is 22.3 Å². The number of methoxy groups -OCH3 is 1. The Hall–Kier alpha value is -2.86. The molecule has 6 nitrogen and oxygen atoms in total. The molecule has 140 valence electrons. The maximum atomic E-state index is 12.7. The van der Waals surface area contributed by atoms with Crippen LogP contribution in [0.4, 0.5) is 11.4 Å². The summed E-state index contributed by atoms with van der Waals surface area (Å²) in [5.74, 6) is -1.49. The van der Waals surface area contributed by atoms with E-state index in [-0.39, 0.29) is 30.3 Å². The number of halogens is 1. The van der Waals surface area contributed by atoms with Crippen molar-refractivity contribution < 1.29 is 19.1 Å². The van der Waals surface area contributed by atoms with Crippen LogP contribution in [0.3, 0.4) is 0 Å². The summed E-state index contributed by atoms with van der Waals surface area (Å²) >= 11 is 5.98. The third-order valence-electron chi connectivity index (χ3n) is 4.54. The van der Waals surface area contributed by atoms with Crippen molar-refractivity contribution in [3.05, 3.63) is 58.6 Å². The SMILES string of the molecule is COC(=O)c1ccccc1NC(=O)C1CC(=O)N(c2ccc(Cl)cc2C)C1. The summed E-state index contributed by atoms with van der Waals surface area (Å²) in [5.41, 5.74) is 2.24. The average molecular weight is 387 g/mol. The number of ether oxygens (including phenoxy) is 1. The van der Waals surface area contributed by atoms with E-state index in [9.17, 15) is 14.4 Å². The molecule has 1 fully saturated rings. The molecule has 1 saturated heterocycles. The van der Waals surface area contributed by atoms with Crippen molar-refractivity contribution in [3.8, 4) is 0 Å². The second-order valence-corrected chi connectivity index (χ2v) is 6.80. The molecule has 0 aromatic heterocycles. The van der Waals surface area contributed by atoms with E-state index in [1.165, 1.54) is 7.11 Å². The zero-order valence-electron chi connectivity index (χ0n) is 15.0. The van der Waals surface area contributed by atoms with Gasteiger partial charge in [0, 0.05) is 23.7 Å². The quantitative estimate of drug-likeness (QED) is 0.817. The summed E-state index contributed by atoms with van der Waals surface area (Å²) in [6, 6.07) is 11.9. The van der Waals surface area contributed by atoms with Crippen LogP contribution in [0.2, 0.25) is 5.02 Å². The smallest absolute Gasteiger partial charge is 0.339 e. The first-order valence-electron chi connectivity index (χ1n) is 8.45. The van der Waals surface area contributed by atoms with Crippen molar-refractivity contribution in [2.75, 3.05) is 23.9 Å². The molecule has 3 rings (SSSR count). The lowest BCUT2D eigenvalue weighted by molar-refractivity contribution is -0.122. The average Bonchev–Trinajstić information content (AvgIpc) is 3.03. The number of amides is 2. The standard InChI is InChI=1S/C20H19ClN2O4/c1-12-9-14(21)7-8-17(12)23-11-13(10-18(23)24)19(25)22-16-6-4-3-5-15(16)20(26)27-2/h3-9,13H,10-11H2,1-2H3,(H,22,25). The maximum absolute atomic E-state index is 12.7. The molecule has 1 aliphatic rings. The Labute approximate surface area is 162 Å². The number of nitrogens with one attached hydrogen (secondary N) is 1. The number of hydrogen-bond acceptors (Lipinski definition) is 4. The van der Waals surface area contributed by atoms with Crippen LogP contribution in [-0.2, 0) is 14.3 Å². The van der Waals surface area contributed by atoms with Crippen LogP contribution in [0, 0.1) is 12.8 Å². The van der Waals surface area contributed by atoms with Crippen LogP contribution in [-0.4, -0.2) is 31.4 Å². The summed E-state index contributed by atoms with van der Waals surface area (Å²) < 4.78 is 4.74. The highest BCUT2D eigenvalue weighted by Gasteiger charge is 2.36. The molecule has 0 saturated carbocycles. The molecular formula is C20H19ClN2O4. The molecular weight excluding hydrogens is 368 g/mol. The second kappa shape index (κ2) is 7.80. The number of benzene rings is 2. The topological polar surface area (TPSA) is 75.7 Å². The van der Waals surface area contributed by atoms with Crippen LogP contribution in [0.5, 0.6) is 0 Å². The number of para-hydroxylation sites is 1. The van der Waals surface area contributed by atoms with E-state index in [2.05, 4.69) is 5.32 Å². The molecule has 0 aliphatic carbocycles. The van der Waals surface area contributed by atoms with E-state index in [1.807, 2.05) is 6.92 Å². The minimum absolute atomic E-state index is 0.105. The van der Waals surface area contributed by atoms with Gasteiger partial charge in [0.15, 0.2) is 0 Å². The molecule has 0 bridgehead atoms. The molecule has 27 heavy (non-hydrogen) atoms. The zero-order chi connectivity index (χ0) is 19.6. The minimum Gasteiger partial charge on any atom is -0.465 e. The number of nitrogens with zero attached hydrogens (tertiary/aromatic N) is 1. The molecule has 1 aliphatic heterocycles. The number of anilines is 2. The van der Waals surface area contributed by atoms with Gasteiger partial charge in [-0.25, -0.2) is 4.79 Å². The first kappa shape index (κ1) is 18.9. The fraction of sp³-hybridized carbons (Fsp3) is 0.250. The molecule has 1 N–H and O–H groups in total. The Morgan fingerprint density at radius 1 is 1.22 bits per heavy atom. The van der Waals surface area contributed by atoms with E-state index in [0.29, 0.717) is 10.7 Å². The number of hydrogen-bond donors (Lipinski definition) is 1. The van der Waals surface area contributed by atoms with Gasteiger partial charge in [-0.2, -0.15) is 0 Å². The molecule has 1 unspecified atom stereocenters. The Balaban J connectivity index is 1.76. The van der Waals surface area contributed by atoms with E-state index >= 15 is 0 Å². The van der Waals surface area contributed by atoms with Crippen LogP contribution >= 0.6 is 11.6 Å². The first-order valence-corrected chi connectivity index (χ1v) is 8.83. The third-order valence-corrected chi connectivity index (χ3v) is 4.77. The Morgan fingerprint density at radius 2 is 1.96 bits per heavy atom. The summed E-state index contributed by atoms with van der Waals surface area (Å²) in [5, 5.41) is 3.34. The van der Waals surface area contributed by atoms with Gasteiger partial charge in [-0.15, -0.1) is 0 Å². The van der Waals surface area contributed by atoms with Crippen LogP contribution in [0.25, 0.3) is 0 Å². The Kier molecular flexibility index (Phi) is 5.46. The van der Waals surface area contributed by atoms with Gasteiger partial charge >= 0.3 is 5.97 Å². The molecule has 7 heteroatoms. The largest absolute Gasteiger partial charge is 0.465 e. The molecule has 1 atom stereocenters. The summed E-state index contributed by atoms with van der Waals surface area (Å²) in [6.45, 7) is 2.14. The fourth-order valence-corrected chi connectivity index (χ4v) is 3.38. The Morgan fingerprint density at radius 3 is 2.67 bits per heavy atom. The van der Waals surface area contributed by atoms with Crippen molar-refractivity contribution in [1.82, 2.24) is 0 Å². The molecule has 0 spiro atoms. The van der Waals surface area contributed by atoms with Gasteiger partial charge in [-0.3, -0.25) is 9.59 Å². The monoisotopic (exact) mass is 386 g/mol. The lowest BCUT2D eigenvalue weighted by Crippen LogP contribution is -2.29. The zero-order valence-corrected chi connectivity index (χ0v) is 15.7. The van der Waals surface area contributed by atoms with Gasteiger partial charge in [0.1, 0.15) is 0 Å². The Bertz CT molecular complexity index is 913. The minimum atomic E-state index is -0.535. The van der Waals surface area contributed by atoms with E-state index < -0.39 is 11.9 Å². The second-order valence-electron chi connectivity index (χ2n) is 6.36. The number of aryl methyl sites for hydroxylation is 1. The lowest BCUT2D eigenvalue weighted by Gasteiger charge is -2.19.